The number of carbonyl (C=O) groups excluding carboxylic acids is 1. The second-order valence-corrected chi connectivity index (χ2v) is 4.03. The Morgan fingerprint density at radius 2 is 2.00 bits per heavy atom. The molecule has 1 rings (SSSR count). The van der Waals surface area contributed by atoms with Gasteiger partial charge in [0.2, 0.25) is 0 Å². The van der Waals surface area contributed by atoms with Gasteiger partial charge in [-0.1, -0.05) is 0 Å². The molecule has 7 heteroatoms. The summed E-state index contributed by atoms with van der Waals surface area (Å²) in [6, 6.07) is 3.28. The fourth-order valence-electron chi connectivity index (χ4n) is 1.43. The minimum atomic E-state index is -0.489. The number of hydrogen-bond acceptors (Lipinski definition) is 7. The highest BCUT2D eigenvalue weighted by Crippen LogP contribution is 2.03. The number of hydrogen-bond donors (Lipinski definition) is 1. The highest BCUT2D eigenvalue weighted by atomic mass is 16.5. The molecule has 0 aliphatic heterocycles. The lowest BCUT2D eigenvalue weighted by atomic mass is 10.3. The van der Waals surface area contributed by atoms with Crippen LogP contribution in [0.2, 0.25) is 0 Å². The molecule has 0 aliphatic carbocycles. The Kier molecular flexibility index (Phi) is 8.25. The molecule has 7 nitrogen and oxygen atoms in total. The van der Waals surface area contributed by atoms with E-state index in [2.05, 4.69) is 20.3 Å². The first-order valence-corrected chi connectivity index (χ1v) is 6.50. The van der Waals surface area contributed by atoms with Gasteiger partial charge in [-0.3, -0.25) is 0 Å². The lowest BCUT2D eigenvalue weighted by Crippen LogP contribution is -2.09. The molecule has 0 radical (unpaired) electrons. The van der Waals surface area contributed by atoms with Gasteiger partial charge in [0.25, 0.3) is 0 Å². The van der Waals surface area contributed by atoms with E-state index in [0.717, 1.165) is 26.0 Å². The topological polar surface area (TPSA) is 82.6 Å². The Morgan fingerprint density at radius 3 is 2.65 bits per heavy atom. The van der Waals surface area contributed by atoms with Crippen LogP contribution in [0.3, 0.4) is 0 Å². The Labute approximate surface area is 118 Å². The van der Waals surface area contributed by atoms with Crippen molar-refractivity contribution in [3.05, 3.63) is 17.8 Å². The zero-order valence-electron chi connectivity index (χ0n) is 11.9. The maximum atomic E-state index is 11.2. The van der Waals surface area contributed by atoms with Gasteiger partial charge in [0.05, 0.1) is 20.3 Å². The SMILES string of the molecule is COCCOCCCCNc1ccc(C(=O)OC)nn1. The molecule has 0 bridgehead atoms. The maximum Gasteiger partial charge on any atom is 0.358 e. The van der Waals surface area contributed by atoms with Crippen molar-refractivity contribution in [2.75, 3.05) is 45.9 Å². The molecular formula is C13H21N3O4. The summed E-state index contributed by atoms with van der Waals surface area (Å²) in [6.45, 7) is 2.75. The van der Waals surface area contributed by atoms with Crippen molar-refractivity contribution in [2.24, 2.45) is 0 Å². The predicted molar refractivity (Wildman–Crippen MR) is 73.8 cm³/mol. The van der Waals surface area contributed by atoms with Gasteiger partial charge in [0.15, 0.2) is 5.69 Å². The molecular weight excluding hydrogens is 262 g/mol. The van der Waals surface area contributed by atoms with Gasteiger partial charge in [-0.2, -0.15) is 0 Å². The minimum Gasteiger partial charge on any atom is -0.464 e. The predicted octanol–water partition coefficient (Wildman–Crippen LogP) is 1.12. The van der Waals surface area contributed by atoms with E-state index in [0.29, 0.717) is 19.0 Å². The third kappa shape index (κ3) is 6.44. The lowest BCUT2D eigenvalue weighted by molar-refractivity contribution is 0.0592. The van der Waals surface area contributed by atoms with Crippen molar-refractivity contribution in [1.82, 2.24) is 10.2 Å². The lowest BCUT2D eigenvalue weighted by Gasteiger charge is -2.06. The van der Waals surface area contributed by atoms with Crippen LogP contribution in [0.1, 0.15) is 23.3 Å². The van der Waals surface area contributed by atoms with Crippen molar-refractivity contribution in [1.29, 1.82) is 0 Å². The fraction of sp³-hybridized carbons (Fsp3) is 0.615. The maximum absolute atomic E-state index is 11.2. The average Bonchev–Trinajstić information content (AvgIpc) is 2.50. The van der Waals surface area contributed by atoms with E-state index in [-0.39, 0.29) is 5.69 Å². The van der Waals surface area contributed by atoms with Crippen molar-refractivity contribution < 1.29 is 19.0 Å². The summed E-state index contributed by atoms with van der Waals surface area (Å²) in [5, 5.41) is 10.8. The Hall–Kier alpha value is -1.73. The molecule has 0 saturated heterocycles. The van der Waals surface area contributed by atoms with E-state index in [4.69, 9.17) is 9.47 Å². The van der Waals surface area contributed by atoms with Gasteiger partial charge in [-0.05, 0) is 25.0 Å². The molecule has 1 aromatic rings. The van der Waals surface area contributed by atoms with Crippen molar-refractivity contribution in [3.63, 3.8) is 0 Å². The van der Waals surface area contributed by atoms with Crippen molar-refractivity contribution >= 4 is 11.8 Å². The van der Waals surface area contributed by atoms with Gasteiger partial charge in [0.1, 0.15) is 5.82 Å². The smallest absolute Gasteiger partial charge is 0.358 e. The highest BCUT2D eigenvalue weighted by molar-refractivity contribution is 5.86. The summed E-state index contributed by atoms with van der Waals surface area (Å²) in [7, 11) is 2.96. The van der Waals surface area contributed by atoms with E-state index < -0.39 is 5.97 Å². The van der Waals surface area contributed by atoms with Crippen LogP contribution in [-0.4, -0.2) is 56.8 Å². The van der Waals surface area contributed by atoms with E-state index in [9.17, 15) is 4.79 Å². The molecule has 0 aliphatic rings. The molecule has 0 aromatic carbocycles. The number of unbranched alkanes of at least 4 members (excludes halogenated alkanes) is 1. The first kappa shape index (κ1) is 16.3. The van der Waals surface area contributed by atoms with Crippen LogP contribution in [0.5, 0.6) is 0 Å². The average molecular weight is 283 g/mol. The molecule has 0 saturated carbocycles. The highest BCUT2D eigenvalue weighted by Gasteiger charge is 2.06. The summed E-state index contributed by atoms with van der Waals surface area (Å²) >= 11 is 0. The minimum absolute atomic E-state index is 0.199. The van der Waals surface area contributed by atoms with Crippen LogP contribution in [0.25, 0.3) is 0 Å². The standard InChI is InChI=1S/C13H21N3O4/c1-18-9-10-20-8-4-3-7-14-12-6-5-11(15-16-12)13(17)19-2/h5-6H,3-4,7-10H2,1-2H3,(H,14,16). The summed E-state index contributed by atoms with van der Waals surface area (Å²) in [6.07, 6.45) is 1.93. The largest absolute Gasteiger partial charge is 0.464 e. The quantitative estimate of drug-likeness (QED) is 0.509. The second-order valence-electron chi connectivity index (χ2n) is 4.03. The number of nitrogens with zero attached hydrogens (tertiary/aromatic N) is 2. The summed E-state index contributed by atoms with van der Waals surface area (Å²) in [5.74, 6) is 0.148. The Balaban J connectivity index is 2.11. The van der Waals surface area contributed by atoms with Crippen LogP contribution in [0.4, 0.5) is 5.82 Å². The van der Waals surface area contributed by atoms with E-state index in [1.165, 1.54) is 7.11 Å². The van der Waals surface area contributed by atoms with Crippen molar-refractivity contribution in [2.45, 2.75) is 12.8 Å². The van der Waals surface area contributed by atoms with Crippen molar-refractivity contribution in [3.8, 4) is 0 Å². The second kappa shape index (κ2) is 10.1. The zero-order chi connectivity index (χ0) is 14.6. The van der Waals surface area contributed by atoms with Crippen LogP contribution in [0.15, 0.2) is 12.1 Å². The number of methoxy groups -OCH3 is 2. The van der Waals surface area contributed by atoms with Crippen LogP contribution in [-0.2, 0) is 14.2 Å². The molecule has 1 heterocycles. The number of rotatable bonds is 10. The molecule has 112 valence electrons. The summed E-state index contributed by atoms with van der Waals surface area (Å²) < 4.78 is 14.8. The molecule has 0 fully saturated rings. The zero-order valence-corrected chi connectivity index (χ0v) is 11.9. The normalized spacial score (nSPS) is 10.3. The number of aromatic nitrogens is 2. The number of nitrogens with one attached hydrogen (secondary N) is 1. The van der Waals surface area contributed by atoms with E-state index >= 15 is 0 Å². The van der Waals surface area contributed by atoms with Gasteiger partial charge in [-0.25, -0.2) is 4.79 Å². The number of carbonyl (C=O) groups is 1. The van der Waals surface area contributed by atoms with E-state index in [1.807, 2.05) is 0 Å². The number of esters is 1. The van der Waals surface area contributed by atoms with Crippen LogP contribution >= 0.6 is 0 Å². The van der Waals surface area contributed by atoms with Gasteiger partial charge in [-0.15, -0.1) is 10.2 Å². The van der Waals surface area contributed by atoms with Gasteiger partial charge < -0.3 is 19.5 Å². The number of ether oxygens (including phenoxy) is 3. The van der Waals surface area contributed by atoms with E-state index in [1.54, 1.807) is 19.2 Å². The summed E-state index contributed by atoms with van der Waals surface area (Å²) in [5.41, 5.74) is 0.199. The van der Waals surface area contributed by atoms with Gasteiger partial charge in [0, 0.05) is 20.3 Å². The van der Waals surface area contributed by atoms with Crippen LogP contribution in [0, 0.1) is 0 Å². The molecule has 0 atom stereocenters. The van der Waals surface area contributed by atoms with Gasteiger partial charge >= 0.3 is 5.97 Å². The number of anilines is 1. The third-order valence-corrected chi connectivity index (χ3v) is 2.51. The Bertz CT molecular complexity index is 384. The molecule has 0 amide bonds. The third-order valence-electron chi connectivity index (χ3n) is 2.51. The molecule has 1 N–H and O–H groups in total. The molecule has 1 aromatic heterocycles. The molecule has 0 unspecified atom stereocenters. The molecule has 20 heavy (non-hydrogen) atoms. The first-order chi connectivity index (χ1) is 9.77. The monoisotopic (exact) mass is 283 g/mol. The Morgan fingerprint density at radius 1 is 1.15 bits per heavy atom. The fourth-order valence-corrected chi connectivity index (χ4v) is 1.43. The van der Waals surface area contributed by atoms with Crippen LogP contribution < -0.4 is 5.32 Å². The summed E-state index contributed by atoms with van der Waals surface area (Å²) in [4.78, 5) is 11.2. The first-order valence-electron chi connectivity index (χ1n) is 6.50. The molecule has 0 spiro atoms.